The molecule has 0 saturated heterocycles. The third-order valence-corrected chi connectivity index (χ3v) is 8.70. The van der Waals surface area contributed by atoms with Gasteiger partial charge in [-0.25, -0.2) is 18.7 Å². The van der Waals surface area contributed by atoms with Crippen molar-refractivity contribution in [3.05, 3.63) is 63.0 Å². The molecule has 0 unspecified atom stereocenters. The molecule has 202 valence electrons. The summed E-state index contributed by atoms with van der Waals surface area (Å²) in [4.78, 5) is 37.3. The highest BCUT2D eigenvalue weighted by Gasteiger charge is 2.32. The molecule has 0 saturated carbocycles. The lowest BCUT2D eigenvalue weighted by molar-refractivity contribution is -0.135. The first kappa shape index (κ1) is 30.7. The first-order valence-corrected chi connectivity index (χ1v) is 14.2. The number of carbonyl (C=O) groups excluding carboxylic acids is 3. The van der Waals surface area contributed by atoms with E-state index in [1.54, 1.807) is 44.2 Å². The number of hydrogen-bond donors (Lipinski definition) is 5. The molecule has 0 aliphatic carbocycles. The molecule has 2 aromatic rings. The van der Waals surface area contributed by atoms with E-state index in [2.05, 4.69) is 47.2 Å². The Hall–Kier alpha value is -2.52. The molecule has 3 amide bonds. The number of sulfonamides is 1. The van der Waals surface area contributed by atoms with E-state index in [4.69, 9.17) is 9.94 Å². The van der Waals surface area contributed by atoms with Gasteiger partial charge in [-0.3, -0.25) is 14.8 Å². The van der Waals surface area contributed by atoms with Gasteiger partial charge in [0, 0.05) is 8.95 Å². The first-order chi connectivity index (χ1) is 17.5. The Morgan fingerprint density at radius 3 is 2.30 bits per heavy atom. The maximum atomic E-state index is 13.1. The Kier molecular flexibility index (Phi) is 12.0. The highest BCUT2D eigenvalue weighted by molar-refractivity contribution is 9.13. The summed E-state index contributed by atoms with van der Waals surface area (Å²) in [5.74, 6) is -2.29. The molecule has 11 nitrogen and oxygen atoms in total. The summed E-state index contributed by atoms with van der Waals surface area (Å²) in [5, 5.41) is 13.8. The van der Waals surface area contributed by atoms with Crippen LogP contribution in [0.3, 0.4) is 0 Å². The Morgan fingerprint density at radius 1 is 1.03 bits per heavy atom. The van der Waals surface area contributed by atoms with Gasteiger partial charge < -0.3 is 15.4 Å². The fourth-order valence-electron chi connectivity index (χ4n) is 3.05. The number of rotatable bonds is 12. The van der Waals surface area contributed by atoms with Gasteiger partial charge in [0.1, 0.15) is 18.7 Å². The molecule has 0 aliphatic rings. The lowest BCUT2D eigenvalue weighted by Crippen LogP contribution is -2.58. The van der Waals surface area contributed by atoms with Crippen molar-refractivity contribution in [1.82, 2.24) is 20.8 Å². The minimum absolute atomic E-state index is 0.0140. The fraction of sp³-hybridized carbons (Fsp3) is 0.348. The predicted molar refractivity (Wildman–Crippen MR) is 142 cm³/mol. The molecule has 0 aliphatic heterocycles. The number of carbonyl (C=O) groups is 3. The molecule has 2 aromatic carbocycles. The van der Waals surface area contributed by atoms with E-state index in [-0.39, 0.29) is 11.5 Å². The number of ether oxygens (including phenoxy) is 1. The third-order valence-electron chi connectivity index (χ3n) is 5.39. The summed E-state index contributed by atoms with van der Waals surface area (Å²) in [6.45, 7) is 3.01. The van der Waals surface area contributed by atoms with E-state index in [9.17, 15) is 22.8 Å². The van der Waals surface area contributed by atoms with E-state index < -0.39 is 52.5 Å². The van der Waals surface area contributed by atoms with Crippen LogP contribution in [0.5, 0.6) is 0 Å². The zero-order valence-corrected chi connectivity index (χ0v) is 24.0. The van der Waals surface area contributed by atoms with Crippen LogP contribution in [0.15, 0.2) is 62.4 Å². The highest BCUT2D eigenvalue weighted by Crippen LogP contribution is 2.26. The third kappa shape index (κ3) is 9.38. The molecule has 14 heteroatoms. The first-order valence-electron chi connectivity index (χ1n) is 11.1. The Morgan fingerprint density at radius 2 is 1.70 bits per heavy atom. The molecule has 2 rings (SSSR count). The normalized spacial score (nSPS) is 13.6. The van der Waals surface area contributed by atoms with Crippen LogP contribution in [0.4, 0.5) is 4.79 Å². The molecule has 0 heterocycles. The average molecular weight is 664 g/mol. The fourth-order valence-corrected chi connectivity index (χ4v) is 5.16. The standard InChI is InChI=1S/C23H28Br2N4O7S/c1-3-14(2)20(29-37(34,35)16-9-10-17(24)18(25)11-16)22(31)27-19(21(30)28-33)12-26-23(32)36-13-15-7-5-4-6-8-15/h4-11,14,19-20,29,33H,3,12-13H2,1-2H3,(H,26,32)(H,27,31)(H,28,30)/t14-,19-,20-/m0/s1. The number of hydroxylamine groups is 1. The summed E-state index contributed by atoms with van der Waals surface area (Å²) in [5.41, 5.74) is 2.17. The lowest BCUT2D eigenvalue weighted by Gasteiger charge is -2.26. The average Bonchev–Trinajstić information content (AvgIpc) is 2.89. The van der Waals surface area contributed by atoms with E-state index in [0.717, 1.165) is 5.56 Å². The Labute approximate surface area is 232 Å². The molecule has 37 heavy (non-hydrogen) atoms. The topological polar surface area (TPSA) is 163 Å². The number of alkyl carbamates (subject to hydrolysis) is 1. The zero-order chi connectivity index (χ0) is 27.6. The van der Waals surface area contributed by atoms with Crippen LogP contribution in [-0.2, 0) is 31.0 Å². The van der Waals surface area contributed by atoms with E-state index >= 15 is 0 Å². The van der Waals surface area contributed by atoms with E-state index in [0.29, 0.717) is 15.4 Å². The van der Waals surface area contributed by atoms with Crippen LogP contribution >= 0.6 is 31.9 Å². The molecule has 5 N–H and O–H groups in total. The van der Waals surface area contributed by atoms with Gasteiger partial charge in [0.2, 0.25) is 15.9 Å². The molecule has 0 fully saturated rings. The molecule has 3 atom stereocenters. The van der Waals surface area contributed by atoms with Crippen LogP contribution in [0.1, 0.15) is 25.8 Å². The van der Waals surface area contributed by atoms with E-state index in [1.165, 1.54) is 17.6 Å². The van der Waals surface area contributed by atoms with Gasteiger partial charge in [-0.2, -0.15) is 4.72 Å². The number of hydrogen-bond acceptors (Lipinski definition) is 7. The van der Waals surface area contributed by atoms with Gasteiger partial charge in [-0.05, 0) is 61.5 Å². The number of nitrogens with one attached hydrogen (secondary N) is 4. The second kappa shape index (κ2) is 14.4. The SMILES string of the molecule is CC[C@H](C)[C@H](NS(=O)(=O)c1ccc(Br)c(Br)c1)C(=O)N[C@@H](CNC(=O)OCc1ccccc1)C(=O)NO. The van der Waals surface area contributed by atoms with Crippen molar-refractivity contribution in [3.63, 3.8) is 0 Å². The van der Waals surface area contributed by atoms with Crippen molar-refractivity contribution in [2.24, 2.45) is 5.92 Å². The highest BCUT2D eigenvalue weighted by atomic mass is 79.9. The van der Waals surface area contributed by atoms with Crippen molar-refractivity contribution >= 4 is 59.8 Å². The Balaban J connectivity index is 2.10. The Bertz CT molecular complexity index is 1200. The van der Waals surface area contributed by atoms with Crippen molar-refractivity contribution in [2.75, 3.05) is 6.54 Å². The monoisotopic (exact) mass is 662 g/mol. The van der Waals surface area contributed by atoms with Crippen molar-refractivity contribution in [3.8, 4) is 0 Å². The van der Waals surface area contributed by atoms with E-state index in [1.807, 2.05) is 6.07 Å². The molecule has 0 aromatic heterocycles. The number of halogens is 2. The van der Waals surface area contributed by atoms with Gasteiger partial charge in [0.25, 0.3) is 5.91 Å². The minimum atomic E-state index is -4.12. The van der Waals surface area contributed by atoms with Crippen LogP contribution in [0.25, 0.3) is 0 Å². The quantitative estimate of drug-likeness (QED) is 0.172. The summed E-state index contributed by atoms with van der Waals surface area (Å²) >= 11 is 6.53. The van der Waals surface area contributed by atoms with Gasteiger partial charge in [0.15, 0.2) is 0 Å². The maximum Gasteiger partial charge on any atom is 0.407 e. The molecule has 0 radical (unpaired) electrons. The van der Waals surface area contributed by atoms with Crippen LogP contribution in [-0.4, -0.2) is 50.2 Å². The van der Waals surface area contributed by atoms with Crippen LogP contribution in [0.2, 0.25) is 0 Å². The second-order valence-corrected chi connectivity index (χ2v) is 11.5. The van der Waals surface area contributed by atoms with Crippen LogP contribution in [0, 0.1) is 5.92 Å². The summed E-state index contributed by atoms with van der Waals surface area (Å²) in [6.07, 6.45) is -0.417. The molecular weight excluding hydrogens is 636 g/mol. The zero-order valence-electron chi connectivity index (χ0n) is 20.0. The summed E-state index contributed by atoms with van der Waals surface area (Å²) < 4.78 is 34.6. The maximum absolute atomic E-state index is 13.1. The van der Waals surface area contributed by atoms with Crippen molar-refractivity contribution in [1.29, 1.82) is 0 Å². The van der Waals surface area contributed by atoms with Gasteiger partial charge in [0.05, 0.1) is 11.4 Å². The minimum Gasteiger partial charge on any atom is -0.445 e. The smallest absolute Gasteiger partial charge is 0.407 e. The van der Waals surface area contributed by atoms with Crippen molar-refractivity contribution in [2.45, 2.75) is 43.9 Å². The second-order valence-electron chi connectivity index (χ2n) is 8.04. The summed E-state index contributed by atoms with van der Waals surface area (Å²) in [6, 6.07) is 10.5. The molecule has 0 bridgehead atoms. The van der Waals surface area contributed by atoms with Gasteiger partial charge >= 0.3 is 6.09 Å². The van der Waals surface area contributed by atoms with Crippen LogP contribution < -0.4 is 20.8 Å². The van der Waals surface area contributed by atoms with Gasteiger partial charge in [-0.1, -0.05) is 50.6 Å². The largest absolute Gasteiger partial charge is 0.445 e. The molecular formula is C23H28Br2N4O7S. The predicted octanol–water partition coefficient (Wildman–Crippen LogP) is 2.82. The number of benzene rings is 2. The number of amides is 3. The summed E-state index contributed by atoms with van der Waals surface area (Å²) in [7, 11) is -4.12. The molecule has 0 spiro atoms. The van der Waals surface area contributed by atoms with Gasteiger partial charge in [-0.15, -0.1) is 0 Å². The lowest BCUT2D eigenvalue weighted by atomic mass is 9.99. The van der Waals surface area contributed by atoms with Crippen molar-refractivity contribution < 1.29 is 32.7 Å².